The van der Waals surface area contributed by atoms with Crippen molar-refractivity contribution in [3.05, 3.63) is 30.1 Å². The Morgan fingerprint density at radius 1 is 1.31 bits per heavy atom. The first kappa shape index (κ1) is 10.7. The van der Waals surface area contributed by atoms with Crippen LogP contribution in [0.25, 0.3) is 11.0 Å². The number of benzene rings is 1. The minimum absolute atomic E-state index is 0.373. The molecule has 0 saturated carbocycles. The standard InChI is InChI=1S/C10H7F3N2O/c1-15-7-5-3-2-4-6(7)14-9(15)8(16)10(11,12)13/h2-5H,1H3. The number of alkyl halides is 3. The molecule has 2 aromatic rings. The first-order chi connectivity index (χ1) is 7.41. The summed E-state index contributed by atoms with van der Waals surface area (Å²) in [4.78, 5) is 14.7. The molecule has 0 aliphatic heterocycles. The zero-order valence-corrected chi connectivity index (χ0v) is 8.25. The molecule has 0 bridgehead atoms. The van der Waals surface area contributed by atoms with Gasteiger partial charge in [-0.05, 0) is 12.1 Å². The number of rotatable bonds is 1. The van der Waals surface area contributed by atoms with E-state index >= 15 is 0 Å². The molecule has 2 rings (SSSR count). The van der Waals surface area contributed by atoms with Gasteiger partial charge >= 0.3 is 12.0 Å². The van der Waals surface area contributed by atoms with E-state index in [9.17, 15) is 18.0 Å². The van der Waals surface area contributed by atoms with Gasteiger partial charge in [0, 0.05) is 7.05 Å². The summed E-state index contributed by atoms with van der Waals surface area (Å²) >= 11 is 0. The molecule has 3 nitrogen and oxygen atoms in total. The molecule has 0 saturated heterocycles. The molecule has 0 radical (unpaired) electrons. The van der Waals surface area contributed by atoms with E-state index in [1.165, 1.54) is 7.05 Å². The monoisotopic (exact) mass is 228 g/mol. The molecule has 0 aliphatic rings. The Hall–Kier alpha value is -1.85. The van der Waals surface area contributed by atoms with Crippen LogP contribution >= 0.6 is 0 Å². The molecule has 16 heavy (non-hydrogen) atoms. The number of carbonyl (C=O) groups excluding carboxylic acids is 1. The van der Waals surface area contributed by atoms with E-state index in [0.29, 0.717) is 11.0 Å². The maximum atomic E-state index is 12.2. The third kappa shape index (κ3) is 1.56. The molecular weight excluding hydrogens is 221 g/mol. The number of aryl methyl sites for hydroxylation is 1. The van der Waals surface area contributed by atoms with Gasteiger partial charge in [0.1, 0.15) is 0 Å². The number of Topliss-reactive ketones (excluding diaryl/α,β-unsaturated/α-hetero) is 1. The van der Waals surface area contributed by atoms with Crippen molar-refractivity contribution in [2.45, 2.75) is 6.18 Å². The highest BCUT2D eigenvalue weighted by atomic mass is 19.4. The Morgan fingerprint density at radius 3 is 2.50 bits per heavy atom. The van der Waals surface area contributed by atoms with Crippen molar-refractivity contribution in [2.24, 2.45) is 7.05 Å². The molecule has 0 unspecified atom stereocenters. The molecule has 0 aliphatic carbocycles. The van der Waals surface area contributed by atoms with Crippen LogP contribution in [0.5, 0.6) is 0 Å². The zero-order valence-electron chi connectivity index (χ0n) is 8.25. The van der Waals surface area contributed by atoms with E-state index in [0.717, 1.165) is 4.57 Å². The van der Waals surface area contributed by atoms with Crippen LogP contribution in [0.2, 0.25) is 0 Å². The third-order valence-electron chi connectivity index (χ3n) is 2.25. The van der Waals surface area contributed by atoms with E-state index in [4.69, 9.17) is 0 Å². The normalized spacial score (nSPS) is 12.0. The molecule has 0 amide bonds. The highest BCUT2D eigenvalue weighted by Crippen LogP contribution is 2.23. The van der Waals surface area contributed by atoms with Crippen molar-refractivity contribution in [3.8, 4) is 0 Å². The van der Waals surface area contributed by atoms with E-state index < -0.39 is 17.8 Å². The summed E-state index contributed by atoms with van der Waals surface area (Å²) < 4.78 is 37.9. The minimum atomic E-state index is -4.89. The van der Waals surface area contributed by atoms with Crippen molar-refractivity contribution in [1.29, 1.82) is 0 Å². The van der Waals surface area contributed by atoms with Crippen molar-refractivity contribution < 1.29 is 18.0 Å². The fourth-order valence-corrected chi connectivity index (χ4v) is 1.48. The molecular formula is C10H7F3N2O. The van der Waals surface area contributed by atoms with Crippen LogP contribution in [0.15, 0.2) is 24.3 Å². The number of para-hydroxylation sites is 2. The van der Waals surface area contributed by atoms with Gasteiger partial charge in [-0.25, -0.2) is 4.98 Å². The SMILES string of the molecule is Cn1c(C(=O)C(F)(F)F)nc2ccccc21. The molecule has 1 aromatic heterocycles. The smallest absolute Gasteiger partial charge is 0.324 e. The average Bonchev–Trinajstić information content (AvgIpc) is 2.54. The first-order valence-electron chi connectivity index (χ1n) is 4.44. The maximum absolute atomic E-state index is 12.2. The molecule has 0 fully saturated rings. The van der Waals surface area contributed by atoms with Crippen molar-refractivity contribution in [1.82, 2.24) is 9.55 Å². The lowest BCUT2D eigenvalue weighted by Crippen LogP contribution is -2.25. The second kappa shape index (κ2) is 3.33. The van der Waals surface area contributed by atoms with Gasteiger partial charge in [0.2, 0.25) is 0 Å². The van der Waals surface area contributed by atoms with Crippen LogP contribution in [-0.4, -0.2) is 21.5 Å². The predicted octanol–water partition coefficient (Wildman–Crippen LogP) is 2.32. The minimum Gasteiger partial charge on any atom is -0.324 e. The number of imidazole rings is 1. The van der Waals surface area contributed by atoms with E-state index in [1.54, 1.807) is 24.3 Å². The summed E-state index contributed by atoms with van der Waals surface area (Å²) in [7, 11) is 1.38. The van der Waals surface area contributed by atoms with Gasteiger partial charge in [-0.3, -0.25) is 4.79 Å². The summed E-state index contributed by atoms with van der Waals surface area (Å²) in [5, 5.41) is 0. The second-order valence-electron chi connectivity index (χ2n) is 3.31. The highest BCUT2D eigenvalue weighted by molar-refractivity contribution is 6.00. The zero-order chi connectivity index (χ0) is 11.9. The number of ketones is 1. The Morgan fingerprint density at radius 2 is 1.94 bits per heavy atom. The first-order valence-corrected chi connectivity index (χ1v) is 4.44. The van der Waals surface area contributed by atoms with Gasteiger partial charge in [-0.1, -0.05) is 12.1 Å². The number of aromatic nitrogens is 2. The van der Waals surface area contributed by atoms with Crippen molar-refractivity contribution in [3.63, 3.8) is 0 Å². The van der Waals surface area contributed by atoms with Gasteiger partial charge in [-0.2, -0.15) is 13.2 Å². The summed E-state index contributed by atoms with van der Waals surface area (Å²) in [6.07, 6.45) is -4.89. The molecule has 0 spiro atoms. The summed E-state index contributed by atoms with van der Waals surface area (Å²) in [6.45, 7) is 0. The molecule has 0 N–H and O–H groups in total. The van der Waals surface area contributed by atoms with Gasteiger partial charge in [-0.15, -0.1) is 0 Å². The van der Waals surface area contributed by atoms with Crippen molar-refractivity contribution in [2.75, 3.05) is 0 Å². The van der Waals surface area contributed by atoms with Crippen LogP contribution < -0.4 is 0 Å². The molecule has 0 atom stereocenters. The Kier molecular flexibility index (Phi) is 2.22. The third-order valence-corrected chi connectivity index (χ3v) is 2.25. The van der Waals surface area contributed by atoms with Crippen LogP contribution in [0.1, 0.15) is 10.6 Å². The summed E-state index contributed by atoms with van der Waals surface area (Å²) in [5.41, 5.74) is 0.868. The lowest BCUT2D eigenvalue weighted by molar-refractivity contribution is -0.0893. The number of nitrogens with zero attached hydrogens (tertiary/aromatic N) is 2. The fraction of sp³-hybridized carbons (Fsp3) is 0.200. The number of hydrogen-bond donors (Lipinski definition) is 0. The van der Waals surface area contributed by atoms with E-state index in [2.05, 4.69) is 4.98 Å². The molecule has 1 aromatic carbocycles. The van der Waals surface area contributed by atoms with Crippen LogP contribution in [0.4, 0.5) is 13.2 Å². The molecule has 1 heterocycles. The number of hydrogen-bond acceptors (Lipinski definition) is 2. The molecule has 84 valence electrons. The van der Waals surface area contributed by atoms with E-state index in [-0.39, 0.29) is 0 Å². The van der Waals surface area contributed by atoms with E-state index in [1.807, 2.05) is 0 Å². The number of halogens is 3. The lowest BCUT2D eigenvalue weighted by atomic mass is 10.3. The molecule has 6 heteroatoms. The topological polar surface area (TPSA) is 34.9 Å². The Bertz CT molecular complexity index is 557. The van der Waals surface area contributed by atoms with Gasteiger partial charge < -0.3 is 4.57 Å². The summed E-state index contributed by atoms with van der Waals surface area (Å²) in [5.74, 6) is -2.51. The Labute approximate surface area is 88.5 Å². The van der Waals surface area contributed by atoms with Gasteiger partial charge in [0.15, 0.2) is 5.82 Å². The fourth-order valence-electron chi connectivity index (χ4n) is 1.48. The van der Waals surface area contributed by atoms with Gasteiger partial charge in [0.05, 0.1) is 11.0 Å². The maximum Gasteiger partial charge on any atom is 0.458 e. The number of carbonyl (C=O) groups is 1. The lowest BCUT2D eigenvalue weighted by Gasteiger charge is -2.04. The summed E-state index contributed by atoms with van der Waals surface area (Å²) in [6, 6.07) is 6.49. The predicted molar refractivity (Wildman–Crippen MR) is 51.1 cm³/mol. The highest BCUT2D eigenvalue weighted by Gasteiger charge is 2.42. The number of fused-ring (bicyclic) bond motifs is 1. The van der Waals surface area contributed by atoms with Crippen LogP contribution in [0.3, 0.4) is 0 Å². The quantitative estimate of drug-likeness (QED) is 0.702. The largest absolute Gasteiger partial charge is 0.458 e. The van der Waals surface area contributed by atoms with Gasteiger partial charge in [0.25, 0.3) is 0 Å². The average molecular weight is 228 g/mol. The Balaban J connectivity index is 2.63. The van der Waals surface area contributed by atoms with Crippen LogP contribution in [0, 0.1) is 0 Å². The van der Waals surface area contributed by atoms with Crippen LogP contribution in [-0.2, 0) is 7.05 Å². The second-order valence-corrected chi connectivity index (χ2v) is 3.31. The van der Waals surface area contributed by atoms with Crippen molar-refractivity contribution >= 4 is 16.8 Å².